The summed E-state index contributed by atoms with van der Waals surface area (Å²) in [7, 11) is 0. The molecule has 5 nitrogen and oxygen atoms in total. The Morgan fingerprint density at radius 1 is 1.40 bits per heavy atom. The largest absolute Gasteiger partial charge is 0.406 e. The van der Waals surface area contributed by atoms with E-state index in [1.165, 1.54) is 0 Å². The zero-order valence-electron chi connectivity index (χ0n) is 8.63. The van der Waals surface area contributed by atoms with Crippen molar-refractivity contribution in [2.75, 3.05) is 18.4 Å². The zero-order chi connectivity index (χ0) is 11.3. The molecule has 0 aliphatic carbocycles. The third-order valence-corrected chi connectivity index (χ3v) is 1.73. The molecular formula is C8H14F2N4O. The molecule has 0 fully saturated rings. The molecule has 1 unspecified atom stereocenters. The highest BCUT2D eigenvalue weighted by molar-refractivity contribution is 5.17. The molecule has 1 aromatic rings. The monoisotopic (exact) mass is 220 g/mol. The molecule has 1 rings (SSSR count). The highest BCUT2D eigenvalue weighted by Gasteiger charge is 2.13. The lowest BCUT2D eigenvalue weighted by Gasteiger charge is -2.05. The molecule has 1 heterocycles. The van der Waals surface area contributed by atoms with Crippen LogP contribution in [-0.4, -0.2) is 29.7 Å². The maximum absolute atomic E-state index is 11.8. The van der Waals surface area contributed by atoms with E-state index in [2.05, 4.69) is 20.8 Å². The standard InChI is InChI=1S/C8H14F2N4O/c1-3-11-5(2)7-13-14-8(15-7)12-4-6(9)10/h5-6,11H,3-4H2,1-2H3,(H,12,14). The number of rotatable bonds is 6. The van der Waals surface area contributed by atoms with Gasteiger partial charge in [0.25, 0.3) is 6.43 Å². The topological polar surface area (TPSA) is 63.0 Å². The molecule has 15 heavy (non-hydrogen) atoms. The van der Waals surface area contributed by atoms with Crippen molar-refractivity contribution < 1.29 is 13.2 Å². The lowest BCUT2D eigenvalue weighted by atomic mass is 10.3. The summed E-state index contributed by atoms with van der Waals surface area (Å²) in [6.45, 7) is 4.08. The first kappa shape index (κ1) is 11.8. The Hall–Kier alpha value is -1.24. The molecule has 0 aliphatic rings. The van der Waals surface area contributed by atoms with Gasteiger partial charge >= 0.3 is 6.01 Å². The summed E-state index contributed by atoms with van der Waals surface area (Å²) in [6.07, 6.45) is -2.44. The minimum Gasteiger partial charge on any atom is -0.406 e. The van der Waals surface area contributed by atoms with Crippen molar-refractivity contribution in [3.05, 3.63) is 5.89 Å². The molecule has 1 atom stereocenters. The first-order valence-corrected chi connectivity index (χ1v) is 4.72. The van der Waals surface area contributed by atoms with Crippen LogP contribution in [0.25, 0.3) is 0 Å². The van der Waals surface area contributed by atoms with Crippen LogP contribution in [0.5, 0.6) is 0 Å². The molecule has 0 saturated carbocycles. The van der Waals surface area contributed by atoms with Crippen molar-refractivity contribution in [1.29, 1.82) is 0 Å². The molecule has 0 bridgehead atoms. The number of nitrogens with one attached hydrogen (secondary N) is 2. The van der Waals surface area contributed by atoms with E-state index in [0.717, 1.165) is 6.54 Å². The van der Waals surface area contributed by atoms with Crippen LogP contribution >= 0.6 is 0 Å². The van der Waals surface area contributed by atoms with Gasteiger partial charge in [-0.15, -0.1) is 5.10 Å². The molecule has 0 spiro atoms. The average molecular weight is 220 g/mol. The van der Waals surface area contributed by atoms with Crippen LogP contribution in [-0.2, 0) is 0 Å². The molecule has 86 valence electrons. The molecule has 7 heteroatoms. The average Bonchev–Trinajstić information content (AvgIpc) is 2.63. The molecular weight excluding hydrogens is 206 g/mol. The summed E-state index contributed by atoms with van der Waals surface area (Å²) < 4.78 is 28.8. The Kier molecular flexibility index (Phi) is 4.41. The molecule has 1 aromatic heterocycles. The van der Waals surface area contributed by atoms with Crippen molar-refractivity contribution in [2.24, 2.45) is 0 Å². The van der Waals surface area contributed by atoms with Gasteiger partial charge in [-0.05, 0) is 13.5 Å². The number of aromatic nitrogens is 2. The minimum atomic E-state index is -2.44. The minimum absolute atomic E-state index is 0.0232. The van der Waals surface area contributed by atoms with Crippen LogP contribution in [0.2, 0.25) is 0 Å². The van der Waals surface area contributed by atoms with E-state index in [1.807, 2.05) is 13.8 Å². The van der Waals surface area contributed by atoms with E-state index in [0.29, 0.717) is 5.89 Å². The van der Waals surface area contributed by atoms with Crippen LogP contribution in [0, 0.1) is 0 Å². The molecule has 0 aliphatic heterocycles. The van der Waals surface area contributed by atoms with Crippen molar-refractivity contribution in [3.8, 4) is 0 Å². The number of nitrogens with zero attached hydrogens (tertiary/aromatic N) is 2. The lowest BCUT2D eigenvalue weighted by Crippen LogP contribution is -2.17. The van der Waals surface area contributed by atoms with E-state index >= 15 is 0 Å². The third-order valence-electron chi connectivity index (χ3n) is 1.73. The van der Waals surface area contributed by atoms with Gasteiger partial charge in [0.1, 0.15) is 0 Å². The van der Waals surface area contributed by atoms with E-state index < -0.39 is 13.0 Å². The van der Waals surface area contributed by atoms with Crippen molar-refractivity contribution >= 4 is 6.01 Å². The number of hydrogen-bond acceptors (Lipinski definition) is 5. The van der Waals surface area contributed by atoms with Crippen LogP contribution in [0.4, 0.5) is 14.8 Å². The fraction of sp³-hybridized carbons (Fsp3) is 0.750. The fourth-order valence-corrected chi connectivity index (χ4v) is 1.04. The molecule has 0 aromatic carbocycles. The van der Waals surface area contributed by atoms with Gasteiger partial charge in [-0.3, -0.25) is 0 Å². The summed E-state index contributed by atoms with van der Waals surface area (Å²) in [5.74, 6) is 0.383. The van der Waals surface area contributed by atoms with E-state index in [9.17, 15) is 8.78 Å². The lowest BCUT2D eigenvalue weighted by molar-refractivity contribution is 0.162. The van der Waals surface area contributed by atoms with Crippen LogP contribution in [0.3, 0.4) is 0 Å². The second kappa shape index (κ2) is 5.59. The molecule has 0 amide bonds. The molecule has 2 N–H and O–H groups in total. The smallest absolute Gasteiger partial charge is 0.315 e. The highest BCUT2D eigenvalue weighted by atomic mass is 19.3. The van der Waals surface area contributed by atoms with Gasteiger partial charge in [-0.25, -0.2) is 8.78 Å². The van der Waals surface area contributed by atoms with Gasteiger partial charge in [0.05, 0.1) is 12.6 Å². The Morgan fingerprint density at radius 3 is 2.73 bits per heavy atom. The van der Waals surface area contributed by atoms with Crippen LogP contribution < -0.4 is 10.6 Å². The number of halogens is 2. The first-order chi connectivity index (χ1) is 7.13. The van der Waals surface area contributed by atoms with Gasteiger partial charge in [-0.2, -0.15) is 0 Å². The fourth-order valence-electron chi connectivity index (χ4n) is 1.04. The van der Waals surface area contributed by atoms with Gasteiger partial charge in [0.2, 0.25) is 5.89 Å². The van der Waals surface area contributed by atoms with Crippen molar-refractivity contribution in [2.45, 2.75) is 26.3 Å². The highest BCUT2D eigenvalue weighted by Crippen LogP contribution is 2.13. The maximum Gasteiger partial charge on any atom is 0.315 e. The second-order valence-electron chi connectivity index (χ2n) is 3.00. The summed E-state index contributed by atoms with van der Waals surface area (Å²) in [6, 6.07) is -0.0559. The SMILES string of the molecule is CCNC(C)c1nnc(NCC(F)F)o1. The number of alkyl halides is 2. The van der Waals surface area contributed by atoms with Crippen LogP contribution in [0.15, 0.2) is 4.42 Å². The summed E-state index contributed by atoms with van der Waals surface area (Å²) in [4.78, 5) is 0. The molecule has 0 radical (unpaired) electrons. The Morgan fingerprint density at radius 2 is 2.13 bits per heavy atom. The summed E-state index contributed by atoms with van der Waals surface area (Å²) >= 11 is 0. The van der Waals surface area contributed by atoms with Gasteiger partial charge in [0, 0.05) is 0 Å². The summed E-state index contributed by atoms with van der Waals surface area (Å²) in [5, 5.41) is 12.7. The Labute approximate surface area is 86.3 Å². The van der Waals surface area contributed by atoms with Crippen LogP contribution in [0.1, 0.15) is 25.8 Å². The predicted molar refractivity (Wildman–Crippen MR) is 50.9 cm³/mol. The van der Waals surface area contributed by atoms with E-state index in [1.54, 1.807) is 0 Å². The number of hydrogen-bond donors (Lipinski definition) is 2. The Balaban J connectivity index is 2.48. The third kappa shape index (κ3) is 3.78. The van der Waals surface area contributed by atoms with Gasteiger partial charge < -0.3 is 15.1 Å². The zero-order valence-corrected chi connectivity index (χ0v) is 8.63. The maximum atomic E-state index is 11.8. The predicted octanol–water partition coefficient (Wildman–Crippen LogP) is 1.42. The van der Waals surface area contributed by atoms with E-state index in [4.69, 9.17) is 4.42 Å². The normalized spacial score (nSPS) is 13.1. The van der Waals surface area contributed by atoms with E-state index in [-0.39, 0.29) is 12.1 Å². The summed E-state index contributed by atoms with van der Waals surface area (Å²) in [5.41, 5.74) is 0. The molecule has 0 saturated heterocycles. The Bertz CT molecular complexity index is 292. The van der Waals surface area contributed by atoms with Gasteiger partial charge in [-0.1, -0.05) is 12.0 Å². The van der Waals surface area contributed by atoms with Crippen molar-refractivity contribution in [1.82, 2.24) is 15.5 Å². The van der Waals surface area contributed by atoms with Crippen molar-refractivity contribution in [3.63, 3.8) is 0 Å². The number of anilines is 1. The van der Waals surface area contributed by atoms with Gasteiger partial charge in [0.15, 0.2) is 0 Å². The quantitative estimate of drug-likeness (QED) is 0.759. The first-order valence-electron chi connectivity index (χ1n) is 4.72. The second-order valence-corrected chi connectivity index (χ2v) is 3.00.